The van der Waals surface area contributed by atoms with Gasteiger partial charge in [0.1, 0.15) is 12.2 Å². The Balaban J connectivity index is 1.47. The summed E-state index contributed by atoms with van der Waals surface area (Å²) in [7, 11) is 0. The van der Waals surface area contributed by atoms with E-state index in [1.807, 2.05) is 4.90 Å². The van der Waals surface area contributed by atoms with Crippen molar-refractivity contribution >= 4 is 5.91 Å². The lowest BCUT2D eigenvalue weighted by Gasteiger charge is -2.39. The minimum Gasteiger partial charge on any atom is -0.469 e. The molecule has 2 heterocycles. The normalized spacial score (nSPS) is 29.1. The summed E-state index contributed by atoms with van der Waals surface area (Å²) in [6.45, 7) is 1.10. The minimum absolute atomic E-state index is 0.000787. The summed E-state index contributed by atoms with van der Waals surface area (Å²) < 4.78 is 25.5. The van der Waals surface area contributed by atoms with Crippen molar-refractivity contribution in [3.8, 4) is 5.88 Å². The van der Waals surface area contributed by atoms with Crippen molar-refractivity contribution in [2.45, 2.75) is 56.8 Å². The van der Waals surface area contributed by atoms with Crippen LogP contribution in [0.3, 0.4) is 0 Å². The number of carbonyl (C=O) groups is 1. The van der Waals surface area contributed by atoms with Gasteiger partial charge in [0.25, 0.3) is 5.88 Å². The third-order valence-corrected chi connectivity index (χ3v) is 5.35. The van der Waals surface area contributed by atoms with Crippen molar-refractivity contribution < 1.29 is 18.7 Å². The van der Waals surface area contributed by atoms with Crippen LogP contribution in [-0.4, -0.2) is 47.2 Å². The minimum atomic E-state index is -0.470. The van der Waals surface area contributed by atoms with Crippen LogP contribution in [0.2, 0.25) is 0 Å². The average molecular weight is 346 g/mol. The van der Waals surface area contributed by atoms with Crippen molar-refractivity contribution in [1.82, 2.24) is 9.88 Å². The Labute approximate surface area is 146 Å². The summed E-state index contributed by atoms with van der Waals surface area (Å²) in [5.74, 6) is -0.320. The van der Waals surface area contributed by atoms with Crippen LogP contribution < -0.4 is 4.74 Å². The standard InChI is InChI=1S/C19H23FN2O3/c20-14-7-4-10-21-18(14)25-16-9-8-15-17(16)24-12-11-22(15)19(23)13-5-2-1-3-6-13/h4-5,7,10,15-17H,1-3,6,8-9,11-12H2/t15-,16-,17+/m0/s1. The third kappa shape index (κ3) is 3.27. The Kier molecular flexibility index (Phi) is 4.70. The molecule has 0 N–H and O–H groups in total. The summed E-state index contributed by atoms with van der Waals surface area (Å²) in [6, 6.07) is 2.87. The predicted octanol–water partition coefficient (Wildman–Crippen LogP) is 2.86. The number of pyridine rings is 1. The number of allylic oxidation sites excluding steroid dienone is 1. The topological polar surface area (TPSA) is 51.7 Å². The zero-order valence-corrected chi connectivity index (χ0v) is 14.2. The van der Waals surface area contributed by atoms with Crippen molar-refractivity contribution in [2.75, 3.05) is 13.2 Å². The molecule has 0 spiro atoms. The number of hydrogen-bond donors (Lipinski definition) is 0. The van der Waals surface area contributed by atoms with Crippen molar-refractivity contribution in [3.05, 3.63) is 35.8 Å². The number of aromatic nitrogens is 1. The van der Waals surface area contributed by atoms with Gasteiger partial charge in [-0.15, -0.1) is 0 Å². The van der Waals surface area contributed by atoms with Crippen LogP contribution >= 0.6 is 0 Å². The summed E-state index contributed by atoms with van der Waals surface area (Å²) in [4.78, 5) is 18.8. The Bertz CT molecular complexity index is 678. The van der Waals surface area contributed by atoms with E-state index >= 15 is 0 Å². The molecule has 0 aromatic carbocycles. The van der Waals surface area contributed by atoms with Gasteiger partial charge < -0.3 is 14.4 Å². The second kappa shape index (κ2) is 7.12. The quantitative estimate of drug-likeness (QED) is 0.844. The fourth-order valence-corrected chi connectivity index (χ4v) is 4.11. The zero-order chi connectivity index (χ0) is 17.2. The first-order valence-electron chi connectivity index (χ1n) is 9.13. The van der Waals surface area contributed by atoms with E-state index in [1.165, 1.54) is 18.3 Å². The highest BCUT2D eigenvalue weighted by Crippen LogP contribution is 2.34. The second-order valence-corrected chi connectivity index (χ2v) is 6.90. The maximum atomic E-state index is 13.8. The van der Waals surface area contributed by atoms with E-state index in [4.69, 9.17) is 9.47 Å². The van der Waals surface area contributed by atoms with E-state index in [0.717, 1.165) is 44.1 Å². The van der Waals surface area contributed by atoms with E-state index in [9.17, 15) is 9.18 Å². The predicted molar refractivity (Wildman–Crippen MR) is 89.6 cm³/mol. The van der Waals surface area contributed by atoms with Gasteiger partial charge in [0.05, 0.1) is 12.6 Å². The first kappa shape index (κ1) is 16.5. The van der Waals surface area contributed by atoms with Crippen LogP contribution in [-0.2, 0) is 9.53 Å². The molecule has 5 nitrogen and oxygen atoms in total. The van der Waals surface area contributed by atoms with Crippen LogP contribution in [0.4, 0.5) is 4.39 Å². The molecule has 2 aliphatic carbocycles. The molecular formula is C19H23FN2O3. The summed E-state index contributed by atoms with van der Waals surface area (Å²) in [5, 5.41) is 0. The lowest BCUT2D eigenvalue weighted by Crippen LogP contribution is -2.54. The number of hydrogen-bond acceptors (Lipinski definition) is 4. The van der Waals surface area contributed by atoms with Gasteiger partial charge >= 0.3 is 0 Å². The molecule has 2 fully saturated rings. The van der Waals surface area contributed by atoms with Crippen molar-refractivity contribution in [2.24, 2.45) is 0 Å². The van der Waals surface area contributed by atoms with Crippen LogP contribution in [0.15, 0.2) is 30.0 Å². The van der Waals surface area contributed by atoms with Gasteiger partial charge in [-0.25, -0.2) is 9.37 Å². The van der Waals surface area contributed by atoms with Crippen molar-refractivity contribution in [1.29, 1.82) is 0 Å². The number of fused-ring (bicyclic) bond motifs is 1. The van der Waals surface area contributed by atoms with Gasteiger partial charge in [-0.2, -0.15) is 0 Å². The van der Waals surface area contributed by atoms with E-state index in [1.54, 1.807) is 0 Å². The molecule has 134 valence electrons. The molecule has 4 rings (SSSR count). The highest BCUT2D eigenvalue weighted by atomic mass is 19.1. The number of nitrogens with zero attached hydrogens (tertiary/aromatic N) is 2. The van der Waals surface area contributed by atoms with E-state index in [-0.39, 0.29) is 30.0 Å². The van der Waals surface area contributed by atoms with Crippen LogP contribution in [0.25, 0.3) is 0 Å². The smallest absolute Gasteiger partial charge is 0.250 e. The van der Waals surface area contributed by atoms with Gasteiger partial charge in [-0.1, -0.05) is 6.08 Å². The Hall–Kier alpha value is -1.95. The lowest BCUT2D eigenvalue weighted by molar-refractivity contribution is -0.144. The van der Waals surface area contributed by atoms with Crippen LogP contribution in [0.1, 0.15) is 38.5 Å². The third-order valence-electron chi connectivity index (χ3n) is 5.35. The van der Waals surface area contributed by atoms with Gasteiger partial charge in [0.2, 0.25) is 5.91 Å². The van der Waals surface area contributed by atoms with E-state index in [0.29, 0.717) is 13.2 Å². The molecule has 3 atom stereocenters. The average Bonchev–Trinajstić information content (AvgIpc) is 3.07. The number of carbonyl (C=O) groups excluding carboxylic acids is 1. The SMILES string of the molecule is O=C(C1=CCCCC1)N1CCO[C@H]2[C@@H](Oc3ncccc3F)CC[C@@H]21. The molecule has 25 heavy (non-hydrogen) atoms. The van der Waals surface area contributed by atoms with E-state index < -0.39 is 5.82 Å². The molecule has 0 bridgehead atoms. The summed E-state index contributed by atoms with van der Waals surface area (Å²) >= 11 is 0. The molecule has 1 aromatic heterocycles. The molecule has 1 saturated heterocycles. The maximum Gasteiger partial charge on any atom is 0.250 e. The molecular weight excluding hydrogens is 323 g/mol. The number of halogens is 1. The molecule has 3 aliphatic rings. The Morgan fingerprint density at radius 2 is 2.28 bits per heavy atom. The molecule has 1 aromatic rings. The van der Waals surface area contributed by atoms with Gasteiger partial charge in [0.15, 0.2) is 5.82 Å². The molecule has 1 saturated carbocycles. The van der Waals surface area contributed by atoms with Gasteiger partial charge in [-0.3, -0.25) is 4.79 Å². The first-order chi connectivity index (χ1) is 12.2. The van der Waals surface area contributed by atoms with Crippen LogP contribution in [0, 0.1) is 5.82 Å². The van der Waals surface area contributed by atoms with E-state index in [2.05, 4.69) is 11.1 Å². The Morgan fingerprint density at radius 3 is 3.08 bits per heavy atom. The van der Waals surface area contributed by atoms with Crippen molar-refractivity contribution in [3.63, 3.8) is 0 Å². The zero-order valence-electron chi connectivity index (χ0n) is 14.2. The second-order valence-electron chi connectivity index (χ2n) is 6.90. The first-order valence-corrected chi connectivity index (χ1v) is 9.13. The monoisotopic (exact) mass is 346 g/mol. The largest absolute Gasteiger partial charge is 0.469 e. The number of rotatable bonds is 3. The van der Waals surface area contributed by atoms with Gasteiger partial charge in [-0.05, 0) is 50.7 Å². The number of morpholine rings is 1. The van der Waals surface area contributed by atoms with Gasteiger partial charge in [0, 0.05) is 18.3 Å². The fraction of sp³-hybridized carbons (Fsp3) is 0.579. The Morgan fingerprint density at radius 1 is 1.36 bits per heavy atom. The number of ether oxygens (including phenoxy) is 2. The van der Waals surface area contributed by atoms with Crippen LogP contribution in [0.5, 0.6) is 5.88 Å². The maximum absolute atomic E-state index is 13.8. The fourth-order valence-electron chi connectivity index (χ4n) is 4.11. The number of amides is 1. The molecule has 1 amide bonds. The lowest BCUT2D eigenvalue weighted by atomic mass is 9.97. The molecule has 1 aliphatic heterocycles. The molecule has 0 radical (unpaired) electrons. The highest BCUT2D eigenvalue weighted by molar-refractivity contribution is 5.93. The molecule has 6 heteroatoms. The highest BCUT2D eigenvalue weighted by Gasteiger charge is 2.46. The summed E-state index contributed by atoms with van der Waals surface area (Å²) in [6.07, 6.45) is 8.75. The molecule has 0 unspecified atom stereocenters. The summed E-state index contributed by atoms with van der Waals surface area (Å²) in [5.41, 5.74) is 0.937.